The lowest BCUT2D eigenvalue weighted by Crippen LogP contribution is -2.47. The highest BCUT2D eigenvalue weighted by atomic mass is 16.6. The molecule has 344 valence electrons. The maximum Gasteiger partial charge on any atom is 0.408 e. The van der Waals surface area contributed by atoms with Crippen molar-refractivity contribution in [3.63, 3.8) is 0 Å². The molecule has 15 heteroatoms. The van der Waals surface area contributed by atoms with Gasteiger partial charge in [0.05, 0.1) is 0 Å². The van der Waals surface area contributed by atoms with Crippen molar-refractivity contribution in [2.75, 3.05) is 26.3 Å². The molecule has 0 aliphatic carbocycles. The van der Waals surface area contributed by atoms with Gasteiger partial charge in [0, 0.05) is 38.5 Å². The third-order valence-electron chi connectivity index (χ3n) is 7.23. The number of nitrogens with two attached hydrogens (primary N) is 3. The van der Waals surface area contributed by atoms with E-state index in [0.717, 1.165) is 23.1 Å². The summed E-state index contributed by atoms with van der Waals surface area (Å²) in [6.07, 6.45) is 3.29. The van der Waals surface area contributed by atoms with Crippen LogP contribution in [0.1, 0.15) is 72.6 Å². The Morgan fingerprint density at radius 3 is 1.42 bits per heavy atom. The Bertz CT molecular complexity index is 1710. The van der Waals surface area contributed by atoms with E-state index in [1.807, 2.05) is 112 Å². The number of amides is 4. The zero-order valence-electron chi connectivity index (χ0n) is 36.8. The summed E-state index contributed by atoms with van der Waals surface area (Å²) in [5.41, 5.74) is 19.0. The van der Waals surface area contributed by atoms with E-state index in [1.54, 1.807) is 20.8 Å². The Morgan fingerprint density at radius 1 is 0.645 bits per heavy atom. The van der Waals surface area contributed by atoms with Crippen LogP contribution in [0.4, 0.5) is 14.4 Å². The average molecular weight is 865 g/mol. The second kappa shape index (κ2) is 32.6. The van der Waals surface area contributed by atoms with Crippen LogP contribution in [0.5, 0.6) is 0 Å². The van der Waals surface area contributed by atoms with Gasteiger partial charge >= 0.3 is 24.2 Å². The molecule has 3 atom stereocenters. The van der Waals surface area contributed by atoms with Crippen LogP contribution < -0.4 is 33.2 Å². The van der Waals surface area contributed by atoms with Gasteiger partial charge in [-0.3, -0.25) is 9.59 Å². The van der Waals surface area contributed by atoms with E-state index in [4.69, 9.17) is 31.4 Å². The number of hydrogen-bond acceptors (Lipinski definition) is 11. The second-order valence-corrected chi connectivity index (χ2v) is 15.4. The van der Waals surface area contributed by atoms with Gasteiger partial charge in [-0.05, 0) is 71.1 Å². The molecule has 3 aromatic rings. The Kier molecular flexibility index (Phi) is 30.4. The molecule has 0 saturated heterocycles. The summed E-state index contributed by atoms with van der Waals surface area (Å²) in [5.74, 6) is -0.852. The zero-order valence-corrected chi connectivity index (χ0v) is 36.8. The first kappa shape index (κ1) is 57.9. The fourth-order valence-electron chi connectivity index (χ4n) is 4.65. The fraction of sp³-hybridized carbons (Fsp3) is 0.426. The third kappa shape index (κ3) is 33.6. The van der Waals surface area contributed by atoms with Crippen LogP contribution in [0.3, 0.4) is 0 Å². The minimum atomic E-state index is -0.780. The number of primary amides is 1. The van der Waals surface area contributed by atoms with Crippen molar-refractivity contribution < 1.29 is 42.9 Å². The fourth-order valence-corrected chi connectivity index (χ4v) is 4.65. The van der Waals surface area contributed by atoms with Crippen LogP contribution in [0.25, 0.3) is 0 Å². The molecule has 4 amide bonds. The number of nitrogens with one attached hydrogen (secondary N) is 3. The molecule has 15 nitrogen and oxygen atoms in total. The molecule has 3 aromatic carbocycles. The van der Waals surface area contributed by atoms with E-state index >= 15 is 0 Å². The van der Waals surface area contributed by atoms with E-state index in [2.05, 4.69) is 33.8 Å². The predicted octanol–water partition coefficient (Wildman–Crippen LogP) is 6.53. The molecular formula is C47H72N6O9. The molecule has 0 aliphatic heterocycles. The van der Waals surface area contributed by atoms with Crippen LogP contribution in [0, 0.1) is 0 Å². The lowest BCUT2D eigenvalue weighted by atomic mass is 10.1. The molecule has 0 fully saturated rings. The number of carbonyl (C=O) groups excluding carboxylic acids is 5. The Morgan fingerprint density at radius 2 is 1.05 bits per heavy atom. The Labute approximate surface area is 369 Å². The molecule has 9 N–H and O–H groups in total. The maximum atomic E-state index is 11.6. The van der Waals surface area contributed by atoms with Gasteiger partial charge in [0.2, 0.25) is 5.91 Å². The molecule has 0 saturated carbocycles. The lowest BCUT2D eigenvalue weighted by Gasteiger charge is -2.23. The number of ether oxygens (including phenoxy) is 4. The van der Waals surface area contributed by atoms with Crippen LogP contribution in [0.15, 0.2) is 116 Å². The monoisotopic (exact) mass is 865 g/mol. The molecular weight excluding hydrogens is 793 g/mol. The Balaban J connectivity index is 0. The van der Waals surface area contributed by atoms with E-state index in [0.29, 0.717) is 32.5 Å². The van der Waals surface area contributed by atoms with Crippen molar-refractivity contribution in [1.82, 2.24) is 16.0 Å². The minimum absolute atomic E-state index is 0. The molecule has 0 unspecified atom stereocenters. The largest absolute Gasteiger partial charge is 0.462 e. The van der Waals surface area contributed by atoms with Crippen molar-refractivity contribution >= 4 is 30.2 Å². The second-order valence-electron chi connectivity index (χ2n) is 15.4. The minimum Gasteiger partial charge on any atom is -0.462 e. The molecule has 0 radical (unpaired) electrons. The maximum absolute atomic E-state index is 11.6. The topological polar surface area (TPSA) is 236 Å². The number of rotatable bonds is 16. The number of hydrogen-bond donors (Lipinski definition) is 6. The van der Waals surface area contributed by atoms with E-state index < -0.39 is 41.4 Å². The molecule has 0 bridgehead atoms. The summed E-state index contributed by atoms with van der Waals surface area (Å²) in [7, 11) is 0. The molecule has 0 aliphatic rings. The van der Waals surface area contributed by atoms with Gasteiger partial charge < -0.3 is 52.1 Å². The standard InChI is InChI=1S/C14H20N2O3.C14H22N2O2.C13H18N2O2.C5H8O2.CH4/c1-14(2,3)19-13(18)16-11(12(15)17)9-10-7-5-4-6-8-10;1-14(2,3)18-13(17)16-12(10-15)9-11-7-5-4-6-8-11;1-2-8-17-13(16)15-10-12(14)9-11-6-4-3-5-7-11;1-3-4-7-5(2)6;/h4-8,11H,9H2,1-3H3,(H2,15,17)(H,16,18);4-8,12H,9-10,15H2,1-3H3,(H,16,17);2-7,12H,1,8-10,14H2,(H,15,16);3H,1,4H2,2H3;1H4/t11-;2*12-;;/m000../s1. The van der Waals surface area contributed by atoms with Gasteiger partial charge in [-0.1, -0.05) is 124 Å². The van der Waals surface area contributed by atoms with Crippen molar-refractivity contribution in [3.8, 4) is 0 Å². The molecule has 62 heavy (non-hydrogen) atoms. The highest BCUT2D eigenvalue weighted by Gasteiger charge is 2.23. The lowest BCUT2D eigenvalue weighted by molar-refractivity contribution is -0.139. The summed E-state index contributed by atoms with van der Waals surface area (Å²) in [5, 5.41) is 7.87. The average Bonchev–Trinajstić information content (AvgIpc) is 3.18. The molecule has 3 rings (SSSR count). The van der Waals surface area contributed by atoms with Crippen molar-refractivity contribution in [1.29, 1.82) is 0 Å². The van der Waals surface area contributed by atoms with Gasteiger partial charge in [-0.25, -0.2) is 14.4 Å². The van der Waals surface area contributed by atoms with Gasteiger partial charge in [0.25, 0.3) is 0 Å². The highest BCUT2D eigenvalue weighted by molar-refractivity contribution is 5.84. The third-order valence-corrected chi connectivity index (χ3v) is 7.23. The molecule has 0 aromatic heterocycles. The van der Waals surface area contributed by atoms with Gasteiger partial charge in [-0.2, -0.15) is 0 Å². The van der Waals surface area contributed by atoms with E-state index in [9.17, 15) is 24.0 Å². The first-order chi connectivity index (χ1) is 28.7. The van der Waals surface area contributed by atoms with E-state index in [-0.39, 0.29) is 32.1 Å². The smallest absolute Gasteiger partial charge is 0.408 e. The normalized spacial score (nSPS) is 11.6. The summed E-state index contributed by atoms with van der Waals surface area (Å²) in [4.78, 5) is 55.7. The van der Waals surface area contributed by atoms with Gasteiger partial charge in [0.15, 0.2) is 0 Å². The summed E-state index contributed by atoms with van der Waals surface area (Å²) < 4.78 is 19.5. The van der Waals surface area contributed by atoms with Crippen LogP contribution in [-0.4, -0.2) is 85.8 Å². The molecule has 0 heterocycles. The number of esters is 1. The summed E-state index contributed by atoms with van der Waals surface area (Å²) >= 11 is 0. The van der Waals surface area contributed by atoms with E-state index in [1.165, 1.54) is 19.1 Å². The van der Waals surface area contributed by atoms with Crippen molar-refractivity contribution in [3.05, 3.63) is 133 Å². The SMILES string of the molecule is C.C=CCOC(=O)NC[C@@H](N)Cc1ccccc1.C=CCOC(C)=O.CC(C)(C)OC(=O)N[C@@H](Cc1ccccc1)C(N)=O.CC(C)(C)OC(=O)N[C@H](CN)Cc1ccccc1. The van der Waals surface area contributed by atoms with Gasteiger partial charge in [0.1, 0.15) is 30.5 Å². The first-order valence-electron chi connectivity index (χ1n) is 19.8. The quantitative estimate of drug-likeness (QED) is 0.0514. The summed E-state index contributed by atoms with van der Waals surface area (Å²) in [6, 6.07) is 28.2. The highest BCUT2D eigenvalue weighted by Crippen LogP contribution is 2.10. The van der Waals surface area contributed by atoms with Gasteiger partial charge in [-0.15, -0.1) is 0 Å². The molecule has 0 spiro atoms. The van der Waals surface area contributed by atoms with Crippen LogP contribution in [-0.2, 0) is 47.8 Å². The number of carbonyl (C=O) groups is 5. The van der Waals surface area contributed by atoms with Crippen molar-refractivity contribution in [2.24, 2.45) is 17.2 Å². The van der Waals surface area contributed by atoms with Crippen LogP contribution >= 0.6 is 0 Å². The predicted molar refractivity (Wildman–Crippen MR) is 246 cm³/mol. The summed E-state index contributed by atoms with van der Waals surface area (Å²) in [6.45, 7) is 20.2. The zero-order chi connectivity index (χ0) is 46.3. The van der Waals surface area contributed by atoms with Crippen LogP contribution in [0.2, 0.25) is 0 Å². The first-order valence-corrected chi connectivity index (χ1v) is 19.8. The van der Waals surface area contributed by atoms with Crippen molar-refractivity contribution in [2.45, 2.75) is 104 Å². The number of benzene rings is 3. The number of alkyl carbamates (subject to hydrolysis) is 3. The Hall–Kier alpha value is -6.19.